The van der Waals surface area contributed by atoms with E-state index in [1.54, 1.807) is 31.2 Å². The summed E-state index contributed by atoms with van der Waals surface area (Å²) >= 11 is 6.15. The number of amides is 1. The molecule has 7 heteroatoms. The summed E-state index contributed by atoms with van der Waals surface area (Å²) in [7, 11) is -3.24. The Morgan fingerprint density at radius 1 is 1.07 bits per heavy atom. The van der Waals surface area contributed by atoms with Crippen molar-refractivity contribution in [1.82, 2.24) is 5.32 Å². The molecule has 0 saturated heterocycles. The minimum atomic E-state index is -3.24. The molecule has 2 rings (SSSR count). The van der Waals surface area contributed by atoms with Gasteiger partial charge in [-0.3, -0.25) is 4.79 Å². The molecule has 0 aromatic heterocycles. The van der Waals surface area contributed by atoms with Crippen molar-refractivity contribution < 1.29 is 17.9 Å². The maximum atomic E-state index is 12.4. The molecule has 1 amide bonds. The molecule has 5 nitrogen and oxygen atoms in total. The molecule has 2 atom stereocenters. The zero-order valence-corrected chi connectivity index (χ0v) is 17.6. The van der Waals surface area contributed by atoms with Crippen LogP contribution in [0.5, 0.6) is 5.75 Å². The van der Waals surface area contributed by atoms with E-state index in [1.165, 1.54) is 12.1 Å². The van der Waals surface area contributed by atoms with Crippen molar-refractivity contribution in [2.75, 3.05) is 6.26 Å². The van der Waals surface area contributed by atoms with E-state index in [1.807, 2.05) is 20.8 Å². The number of carbonyl (C=O) groups excluding carboxylic acids is 1. The summed E-state index contributed by atoms with van der Waals surface area (Å²) in [5, 5.41) is 3.56. The number of sulfone groups is 1. The van der Waals surface area contributed by atoms with Crippen LogP contribution in [-0.4, -0.2) is 26.7 Å². The number of hydrogen-bond donors (Lipinski definition) is 1. The second-order valence-corrected chi connectivity index (χ2v) is 9.10. The largest absolute Gasteiger partial charge is 0.481 e. The van der Waals surface area contributed by atoms with E-state index < -0.39 is 15.9 Å². The van der Waals surface area contributed by atoms with Crippen molar-refractivity contribution in [3.05, 3.63) is 58.1 Å². The van der Waals surface area contributed by atoms with Crippen LogP contribution in [0, 0.1) is 13.8 Å². The average molecular weight is 410 g/mol. The highest BCUT2D eigenvalue weighted by Crippen LogP contribution is 2.26. The van der Waals surface area contributed by atoms with Crippen molar-refractivity contribution in [3.63, 3.8) is 0 Å². The highest BCUT2D eigenvalue weighted by atomic mass is 35.5. The van der Waals surface area contributed by atoms with Gasteiger partial charge in [-0.15, -0.1) is 0 Å². The number of benzene rings is 2. The fraction of sp³-hybridized carbons (Fsp3) is 0.350. The summed E-state index contributed by atoms with van der Waals surface area (Å²) < 4.78 is 28.8. The molecule has 0 saturated carbocycles. The molecule has 146 valence electrons. The van der Waals surface area contributed by atoms with E-state index in [2.05, 4.69) is 5.32 Å². The van der Waals surface area contributed by atoms with Gasteiger partial charge in [0, 0.05) is 11.3 Å². The van der Waals surface area contributed by atoms with E-state index in [4.69, 9.17) is 16.3 Å². The normalized spacial score (nSPS) is 13.7. The summed E-state index contributed by atoms with van der Waals surface area (Å²) in [6.45, 7) is 7.27. The van der Waals surface area contributed by atoms with Crippen molar-refractivity contribution in [1.29, 1.82) is 0 Å². The first kappa shape index (κ1) is 21.3. The summed E-state index contributed by atoms with van der Waals surface area (Å²) in [5.41, 5.74) is 2.58. The zero-order valence-electron chi connectivity index (χ0n) is 16.0. The molecule has 0 fully saturated rings. The Hall–Kier alpha value is -2.05. The monoisotopic (exact) mass is 409 g/mol. The smallest absolute Gasteiger partial charge is 0.261 e. The molecule has 0 aliphatic heterocycles. The summed E-state index contributed by atoms with van der Waals surface area (Å²) in [5.74, 6) is 0.321. The lowest BCUT2D eigenvalue weighted by Gasteiger charge is -2.20. The van der Waals surface area contributed by atoms with Gasteiger partial charge in [0.2, 0.25) is 0 Å². The second-order valence-electron chi connectivity index (χ2n) is 6.70. The number of carbonyl (C=O) groups is 1. The lowest BCUT2D eigenvalue weighted by molar-refractivity contribution is -0.127. The van der Waals surface area contributed by atoms with Gasteiger partial charge in [0.1, 0.15) is 5.75 Å². The summed E-state index contributed by atoms with van der Waals surface area (Å²) in [6.07, 6.45) is 0.467. The maximum absolute atomic E-state index is 12.4. The molecule has 0 spiro atoms. The third kappa shape index (κ3) is 5.47. The first-order valence-corrected chi connectivity index (χ1v) is 10.8. The van der Waals surface area contributed by atoms with Crippen molar-refractivity contribution >= 4 is 27.3 Å². The van der Waals surface area contributed by atoms with E-state index in [9.17, 15) is 13.2 Å². The number of hydrogen-bond acceptors (Lipinski definition) is 4. The fourth-order valence-electron chi connectivity index (χ4n) is 2.65. The van der Waals surface area contributed by atoms with Gasteiger partial charge < -0.3 is 10.1 Å². The van der Waals surface area contributed by atoms with Crippen LogP contribution in [0.1, 0.15) is 36.6 Å². The molecule has 27 heavy (non-hydrogen) atoms. The molecule has 0 aliphatic rings. The minimum Gasteiger partial charge on any atom is -0.481 e. The quantitative estimate of drug-likeness (QED) is 0.782. The van der Waals surface area contributed by atoms with Gasteiger partial charge in [-0.25, -0.2) is 8.42 Å². The van der Waals surface area contributed by atoms with E-state index >= 15 is 0 Å². The number of aryl methyl sites for hydroxylation is 2. The Morgan fingerprint density at radius 3 is 2.07 bits per heavy atom. The minimum absolute atomic E-state index is 0.245. The molecular weight excluding hydrogens is 386 g/mol. The van der Waals surface area contributed by atoms with Gasteiger partial charge in [0.05, 0.1) is 10.9 Å². The molecule has 2 aromatic rings. The predicted octanol–water partition coefficient (Wildman–Crippen LogP) is 4.01. The maximum Gasteiger partial charge on any atom is 0.261 e. The predicted molar refractivity (Wildman–Crippen MR) is 107 cm³/mol. The number of rotatable bonds is 6. The van der Waals surface area contributed by atoms with Crippen molar-refractivity contribution in [2.45, 2.75) is 44.7 Å². The van der Waals surface area contributed by atoms with E-state index in [0.29, 0.717) is 10.8 Å². The second kappa shape index (κ2) is 8.31. The molecular formula is C20H24ClNO4S. The first-order chi connectivity index (χ1) is 12.5. The van der Waals surface area contributed by atoms with Gasteiger partial charge in [0.25, 0.3) is 5.91 Å². The average Bonchev–Trinajstić information content (AvgIpc) is 2.58. The number of nitrogens with one attached hydrogen (secondary N) is 1. The Bertz CT molecular complexity index is 916. The highest BCUT2D eigenvalue weighted by molar-refractivity contribution is 7.90. The van der Waals surface area contributed by atoms with Gasteiger partial charge in [-0.05, 0) is 68.7 Å². The molecule has 0 bridgehead atoms. The van der Waals surface area contributed by atoms with Crippen molar-refractivity contribution in [2.24, 2.45) is 0 Å². The van der Waals surface area contributed by atoms with E-state index in [0.717, 1.165) is 22.9 Å². The third-order valence-electron chi connectivity index (χ3n) is 4.26. The molecule has 2 aromatic carbocycles. The highest BCUT2D eigenvalue weighted by Gasteiger charge is 2.19. The molecule has 0 heterocycles. The standard InChI is InChI=1S/C20H24ClNO4S/c1-12-10-17(11-13(2)19(12)21)26-15(4)20(23)22-14(3)16-6-8-18(9-7-16)27(5,24)25/h6-11,14-15H,1-5H3,(H,22,23)/t14-,15-/m1/s1. The Balaban J connectivity index is 2.03. The Labute approximate surface area is 165 Å². The van der Waals surface area contributed by atoms with Gasteiger partial charge in [-0.2, -0.15) is 0 Å². The molecule has 0 unspecified atom stereocenters. The number of halogens is 1. The SMILES string of the molecule is Cc1cc(O[C@H](C)C(=O)N[C@H](C)c2ccc(S(C)(=O)=O)cc2)cc(C)c1Cl. The zero-order chi connectivity index (χ0) is 20.4. The van der Waals surface area contributed by atoms with Crippen LogP contribution in [0.15, 0.2) is 41.3 Å². The Kier molecular flexibility index (Phi) is 6.54. The third-order valence-corrected chi connectivity index (χ3v) is 5.98. The Morgan fingerprint density at radius 2 is 1.59 bits per heavy atom. The number of ether oxygens (including phenoxy) is 1. The fourth-order valence-corrected chi connectivity index (χ4v) is 3.39. The van der Waals surface area contributed by atoms with Crippen LogP contribution in [0.3, 0.4) is 0 Å². The van der Waals surface area contributed by atoms with Crippen LogP contribution < -0.4 is 10.1 Å². The lowest BCUT2D eigenvalue weighted by Crippen LogP contribution is -2.37. The molecule has 0 radical (unpaired) electrons. The van der Waals surface area contributed by atoms with Crippen molar-refractivity contribution in [3.8, 4) is 5.75 Å². The first-order valence-electron chi connectivity index (χ1n) is 8.53. The van der Waals surface area contributed by atoms with Gasteiger partial charge in [0.15, 0.2) is 15.9 Å². The topological polar surface area (TPSA) is 72.5 Å². The summed E-state index contributed by atoms with van der Waals surface area (Å²) in [4.78, 5) is 12.7. The van der Waals surface area contributed by atoms with Gasteiger partial charge in [-0.1, -0.05) is 23.7 Å². The van der Waals surface area contributed by atoms with Gasteiger partial charge >= 0.3 is 0 Å². The van der Waals surface area contributed by atoms with E-state index in [-0.39, 0.29) is 16.8 Å². The van der Waals surface area contributed by atoms with Crippen LogP contribution in [0.2, 0.25) is 5.02 Å². The van der Waals surface area contributed by atoms with Crippen LogP contribution >= 0.6 is 11.6 Å². The lowest BCUT2D eigenvalue weighted by atomic mass is 10.1. The van der Waals surface area contributed by atoms with Crippen LogP contribution in [0.25, 0.3) is 0 Å². The van der Waals surface area contributed by atoms with Crippen LogP contribution in [-0.2, 0) is 14.6 Å². The summed E-state index contributed by atoms with van der Waals surface area (Å²) in [6, 6.07) is 9.76. The molecule has 1 N–H and O–H groups in total. The van der Waals surface area contributed by atoms with Crippen LogP contribution in [0.4, 0.5) is 0 Å². The molecule has 0 aliphatic carbocycles.